The second-order valence-corrected chi connectivity index (χ2v) is 7.15. The van der Waals surface area contributed by atoms with Crippen LogP contribution in [0.3, 0.4) is 0 Å². The number of hydrogen-bond donors (Lipinski definition) is 1. The molecule has 0 heterocycles. The molecule has 0 radical (unpaired) electrons. The van der Waals surface area contributed by atoms with Crippen molar-refractivity contribution >= 4 is 44.5 Å². The summed E-state index contributed by atoms with van der Waals surface area (Å²) in [5, 5.41) is 0.472. The van der Waals surface area contributed by atoms with E-state index in [1.165, 1.54) is 31.3 Å². The number of nitrogens with zero attached hydrogens (tertiary/aromatic N) is 1. The molecule has 21 heavy (non-hydrogen) atoms. The minimum Gasteiger partial charge on any atom is -0.389 e. The van der Waals surface area contributed by atoms with Gasteiger partial charge in [-0.3, -0.25) is 4.31 Å². The van der Waals surface area contributed by atoms with Crippen molar-refractivity contribution in [2.75, 3.05) is 11.4 Å². The Labute approximate surface area is 134 Å². The maximum atomic E-state index is 12.6. The van der Waals surface area contributed by atoms with E-state index < -0.39 is 10.0 Å². The fraction of sp³-hybridized carbons (Fsp3) is 0.0714. The van der Waals surface area contributed by atoms with Crippen molar-refractivity contribution < 1.29 is 8.42 Å². The molecule has 0 fully saturated rings. The quantitative estimate of drug-likeness (QED) is 0.869. The van der Waals surface area contributed by atoms with Gasteiger partial charge in [-0.1, -0.05) is 36.0 Å². The fourth-order valence-electron chi connectivity index (χ4n) is 1.85. The summed E-state index contributed by atoms with van der Waals surface area (Å²) in [6, 6.07) is 12.8. The van der Waals surface area contributed by atoms with E-state index in [1.54, 1.807) is 24.3 Å². The smallest absolute Gasteiger partial charge is 0.264 e. The molecular weight excluding hydrogens is 328 g/mol. The predicted octanol–water partition coefficient (Wildman–Crippen LogP) is 2.80. The lowest BCUT2D eigenvalue weighted by molar-refractivity contribution is 0.594. The van der Waals surface area contributed by atoms with Gasteiger partial charge in [-0.15, -0.1) is 0 Å². The third-order valence-corrected chi connectivity index (χ3v) is 5.24. The van der Waals surface area contributed by atoms with Gasteiger partial charge in [0.1, 0.15) is 4.99 Å². The maximum Gasteiger partial charge on any atom is 0.264 e. The molecule has 4 nitrogen and oxygen atoms in total. The highest BCUT2D eigenvalue weighted by molar-refractivity contribution is 7.92. The Morgan fingerprint density at radius 1 is 1.14 bits per heavy atom. The van der Waals surface area contributed by atoms with Crippen LogP contribution in [0.1, 0.15) is 5.56 Å². The maximum absolute atomic E-state index is 12.6. The summed E-state index contributed by atoms with van der Waals surface area (Å²) in [7, 11) is -2.25. The molecule has 0 saturated carbocycles. The van der Waals surface area contributed by atoms with Crippen molar-refractivity contribution in [3.63, 3.8) is 0 Å². The van der Waals surface area contributed by atoms with Gasteiger partial charge in [-0.2, -0.15) is 0 Å². The van der Waals surface area contributed by atoms with E-state index in [2.05, 4.69) is 0 Å². The molecule has 0 bridgehead atoms. The number of anilines is 1. The summed E-state index contributed by atoms with van der Waals surface area (Å²) < 4.78 is 26.4. The van der Waals surface area contributed by atoms with Crippen LogP contribution in [0, 0.1) is 0 Å². The first-order valence-corrected chi connectivity index (χ1v) is 8.20. The number of benzene rings is 2. The fourth-order valence-corrected chi connectivity index (χ4v) is 3.36. The highest BCUT2D eigenvalue weighted by Gasteiger charge is 2.23. The summed E-state index contributed by atoms with van der Waals surface area (Å²) in [5.41, 5.74) is 6.58. The van der Waals surface area contributed by atoms with Gasteiger partial charge in [0.25, 0.3) is 10.0 Å². The van der Waals surface area contributed by atoms with Gasteiger partial charge in [0.05, 0.1) is 10.6 Å². The molecule has 0 aliphatic heterocycles. The minimum absolute atomic E-state index is 0.142. The number of sulfonamides is 1. The monoisotopic (exact) mass is 340 g/mol. The van der Waals surface area contributed by atoms with Crippen molar-refractivity contribution in [2.45, 2.75) is 4.90 Å². The van der Waals surface area contributed by atoms with E-state index in [0.29, 0.717) is 16.3 Å². The van der Waals surface area contributed by atoms with Crippen LogP contribution in [-0.2, 0) is 10.0 Å². The SMILES string of the molecule is CN(c1ccccc1C(N)=S)S(=O)(=O)c1ccc(Cl)cc1. The van der Waals surface area contributed by atoms with Crippen molar-refractivity contribution in [1.29, 1.82) is 0 Å². The normalized spacial score (nSPS) is 11.1. The zero-order valence-electron chi connectivity index (χ0n) is 11.2. The number of hydrogen-bond acceptors (Lipinski definition) is 3. The number of rotatable bonds is 4. The van der Waals surface area contributed by atoms with Gasteiger partial charge in [0.15, 0.2) is 0 Å². The molecule has 0 unspecified atom stereocenters. The molecule has 7 heteroatoms. The molecular formula is C14H13ClN2O2S2. The van der Waals surface area contributed by atoms with Crippen molar-refractivity contribution in [3.8, 4) is 0 Å². The largest absolute Gasteiger partial charge is 0.389 e. The Bertz CT molecular complexity index is 774. The lowest BCUT2D eigenvalue weighted by Crippen LogP contribution is -2.28. The Kier molecular flexibility index (Phi) is 4.51. The molecule has 0 aliphatic carbocycles. The van der Waals surface area contributed by atoms with Crippen molar-refractivity contribution in [2.24, 2.45) is 5.73 Å². The Morgan fingerprint density at radius 3 is 2.29 bits per heavy atom. The molecule has 0 aliphatic rings. The number of thiocarbonyl (C=S) groups is 1. The molecule has 0 amide bonds. The first-order valence-electron chi connectivity index (χ1n) is 5.97. The zero-order valence-corrected chi connectivity index (χ0v) is 13.5. The van der Waals surface area contributed by atoms with E-state index in [9.17, 15) is 8.42 Å². The average molecular weight is 341 g/mol. The Balaban J connectivity index is 2.51. The zero-order chi connectivity index (χ0) is 15.6. The summed E-state index contributed by atoms with van der Waals surface area (Å²) in [6.45, 7) is 0. The third kappa shape index (κ3) is 3.18. The van der Waals surface area contributed by atoms with Gasteiger partial charge in [-0.05, 0) is 36.4 Å². The van der Waals surface area contributed by atoms with Crippen LogP contribution in [0.5, 0.6) is 0 Å². The van der Waals surface area contributed by atoms with Gasteiger partial charge in [0.2, 0.25) is 0 Å². The molecule has 2 aromatic carbocycles. The topological polar surface area (TPSA) is 63.4 Å². The Morgan fingerprint density at radius 2 is 1.71 bits per heavy atom. The summed E-state index contributed by atoms with van der Waals surface area (Å²) in [5.74, 6) is 0. The van der Waals surface area contributed by atoms with Crippen LogP contribution in [-0.4, -0.2) is 20.5 Å². The summed E-state index contributed by atoms with van der Waals surface area (Å²) in [4.78, 5) is 0.288. The third-order valence-electron chi connectivity index (χ3n) is 2.98. The summed E-state index contributed by atoms with van der Waals surface area (Å²) in [6.07, 6.45) is 0. The minimum atomic E-state index is -3.71. The van der Waals surface area contributed by atoms with Crippen LogP contribution in [0.4, 0.5) is 5.69 Å². The molecule has 0 saturated heterocycles. The van der Waals surface area contributed by atoms with E-state index in [0.717, 1.165) is 4.31 Å². The van der Waals surface area contributed by atoms with Gasteiger partial charge >= 0.3 is 0 Å². The van der Waals surface area contributed by atoms with Crippen molar-refractivity contribution in [1.82, 2.24) is 0 Å². The molecule has 0 atom stereocenters. The van der Waals surface area contributed by atoms with Crippen LogP contribution in [0.2, 0.25) is 5.02 Å². The lowest BCUT2D eigenvalue weighted by Gasteiger charge is -2.22. The van der Waals surface area contributed by atoms with Crippen LogP contribution in [0.25, 0.3) is 0 Å². The van der Waals surface area contributed by atoms with E-state index in [-0.39, 0.29) is 9.88 Å². The van der Waals surface area contributed by atoms with Crippen LogP contribution >= 0.6 is 23.8 Å². The van der Waals surface area contributed by atoms with Gasteiger partial charge in [-0.25, -0.2) is 8.42 Å². The lowest BCUT2D eigenvalue weighted by atomic mass is 10.2. The molecule has 0 spiro atoms. The van der Waals surface area contributed by atoms with Gasteiger partial charge < -0.3 is 5.73 Å². The highest BCUT2D eigenvalue weighted by atomic mass is 35.5. The number of halogens is 1. The second-order valence-electron chi connectivity index (χ2n) is 4.31. The first kappa shape index (κ1) is 15.8. The molecule has 110 valence electrons. The van der Waals surface area contributed by atoms with E-state index in [4.69, 9.17) is 29.6 Å². The number of para-hydroxylation sites is 1. The van der Waals surface area contributed by atoms with Crippen LogP contribution in [0.15, 0.2) is 53.4 Å². The highest BCUT2D eigenvalue weighted by Crippen LogP contribution is 2.26. The van der Waals surface area contributed by atoms with Gasteiger partial charge in [0, 0.05) is 17.6 Å². The Hall–Kier alpha value is -1.63. The number of nitrogens with two attached hydrogens (primary N) is 1. The van der Waals surface area contributed by atoms with Crippen molar-refractivity contribution in [3.05, 3.63) is 59.1 Å². The molecule has 2 N–H and O–H groups in total. The summed E-state index contributed by atoms with van der Waals surface area (Å²) >= 11 is 10.7. The molecule has 2 rings (SSSR count). The molecule has 2 aromatic rings. The first-order chi connectivity index (χ1) is 9.84. The average Bonchev–Trinajstić information content (AvgIpc) is 2.46. The second kappa shape index (κ2) is 6.01. The van der Waals surface area contributed by atoms with Crippen LogP contribution < -0.4 is 10.0 Å². The van der Waals surface area contributed by atoms with E-state index in [1.807, 2.05) is 0 Å². The standard InChI is InChI=1S/C14H13ClN2O2S2/c1-17(13-5-3-2-4-12(13)14(16)20)21(18,19)11-8-6-10(15)7-9-11/h2-9H,1H3,(H2,16,20). The van der Waals surface area contributed by atoms with E-state index >= 15 is 0 Å². The predicted molar refractivity (Wildman–Crippen MR) is 89.4 cm³/mol. The molecule has 0 aromatic heterocycles.